The van der Waals surface area contributed by atoms with Gasteiger partial charge in [-0.2, -0.15) is 0 Å². The first-order valence-electron chi connectivity index (χ1n) is 3.41. The zero-order valence-corrected chi connectivity index (χ0v) is 6.59. The molecule has 1 amide bonds. The third kappa shape index (κ3) is 1.64. The van der Waals surface area contributed by atoms with E-state index in [-0.39, 0.29) is 17.8 Å². The van der Waals surface area contributed by atoms with Gasteiger partial charge in [0.15, 0.2) is 0 Å². The number of carbonyl (C=O) groups excluding carboxylic acids is 1. The van der Waals surface area contributed by atoms with Crippen molar-refractivity contribution >= 4 is 5.91 Å². The van der Waals surface area contributed by atoms with Crippen molar-refractivity contribution in [2.75, 3.05) is 0 Å². The number of nitrogens with one attached hydrogen (secondary N) is 2. The van der Waals surface area contributed by atoms with E-state index < -0.39 is 17.2 Å². The molecular formula is C6H8N4O3. The molecule has 0 aromatic carbocycles. The molecule has 7 nitrogen and oxygen atoms in total. The van der Waals surface area contributed by atoms with Crippen LogP contribution in [0.4, 0.5) is 0 Å². The average Bonchev–Trinajstić information content (AvgIpc) is 2.02. The number of amides is 1. The summed E-state index contributed by atoms with van der Waals surface area (Å²) in [6.45, 7) is -0.162. The second-order valence-electron chi connectivity index (χ2n) is 2.33. The maximum absolute atomic E-state index is 11.0. The molecule has 0 unspecified atom stereocenters. The molecule has 70 valence electrons. The molecule has 0 aliphatic heterocycles. The smallest absolute Gasteiger partial charge is 0.326 e. The zero-order chi connectivity index (χ0) is 10.0. The number of aromatic nitrogens is 2. The number of hydrogen-bond donors (Lipinski definition) is 4. The minimum absolute atomic E-state index is 0.0212. The van der Waals surface area contributed by atoms with E-state index in [0.717, 1.165) is 0 Å². The number of nitrogens with two attached hydrogens (primary N) is 2. The van der Waals surface area contributed by atoms with Gasteiger partial charge in [0.05, 0.1) is 5.56 Å². The van der Waals surface area contributed by atoms with Gasteiger partial charge in [-0.1, -0.05) is 0 Å². The maximum atomic E-state index is 11.0. The van der Waals surface area contributed by atoms with Gasteiger partial charge in [-0.15, -0.1) is 0 Å². The fraction of sp³-hybridized carbons (Fsp3) is 0.167. The quantitative estimate of drug-likeness (QED) is 0.408. The molecule has 1 aromatic rings. The lowest BCUT2D eigenvalue weighted by molar-refractivity contribution is 0.0994. The third-order valence-electron chi connectivity index (χ3n) is 1.49. The average molecular weight is 184 g/mol. The highest BCUT2D eigenvalue weighted by Crippen LogP contribution is 1.93. The first kappa shape index (κ1) is 9.20. The molecule has 0 radical (unpaired) electrons. The van der Waals surface area contributed by atoms with Gasteiger partial charge in [-0.3, -0.25) is 14.6 Å². The van der Waals surface area contributed by atoms with Crippen LogP contribution in [0.3, 0.4) is 0 Å². The lowest BCUT2D eigenvalue weighted by Gasteiger charge is -2.00. The van der Waals surface area contributed by atoms with Crippen molar-refractivity contribution < 1.29 is 4.79 Å². The van der Waals surface area contributed by atoms with Crippen molar-refractivity contribution in [3.05, 3.63) is 32.1 Å². The molecule has 1 aromatic heterocycles. The SMILES string of the molecule is NCc1c(C(N)=O)[nH]c(=O)[nH]c1=O. The summed E-state index contributed by atoms with van der Waals surface area (Å²) in [7, 11) is 0. The second-order valence-corrected chi connectivity index (χ2v) is 2.33. The van der Waals surface area contributed by atoms with Gasteiger partial charge in [0, 0.05) is 6.54 Å². The van der Waals surface area contributed by atoms with E-state index in [1.807, 2.05) is 4.98 Å². The standard InChI is InChI=1S/C6H8N4O3/c7-1-2-3(4(8)11)9-6(13)10-5(2)12/h1,7H2,(H2,8,11)(H2,9,10,12,13). The predicted molar refractivity (Wildman–Crippen MR) is 44.1 cm³/mol. The fourth-order valence-corrected chi connectivity index (χ4v) is 0.917. The Morgan fingerprint density at radius 1 is 1.31 bits per heavy atom. The van der Waals surface area contributed by atoms with Crippen molar-refractivity contribution in [3.63, 3.8) is 0 Å². The van der Waals surface area contributed by atoms with E-state index in [2.05, 4.69) is 4.98 Å². The Morgan fingerprint density at radius 2 is 1.92 bits per heavy atom. The third-order valence-corrected chi connectivity index (χ3v) is 1.49. The highest BCUT2D eigenvalue weighted by atomic mass is 16.2. The summed E-state index contributed by atoms with van der Waals surface area (Å²) >= 11 is 0. The van der Waals surface area contributed by atoms with Crippen LogP contribution in [0.25, 0.3) is 0 Å². The van der Waals surface area contributed by atoms with E-state index in [0.29, 0.717) is 0 Å². The molecule has 1 rings (SSSR count). The van der Waals surface area contributed by atoms with Crippen molar-refractivity contribution in [1.29, 1.82) is 0 Å². The zero-order valence-electron chi connectivity index (χ0n) is 6.59. The van der Waals surface area contributed by atoms with Gasteiger partial charge < -0.3 is 16.5 Å². The summed E-state index contributed by atoms with van der Waals surface area (Å²) in [5, 5.41) is 0. The molecular weight excluding hydrogens is 176 g/mol. The van der Waals surface area contributed by atoms with Crippen molar-refractivity contribution in [3.8, 4) is 0 Å². The van der Waals surface area contributed by atoms with Gasteiger partial charge in [0.2, 0.25) is 0 Å². The fourth-order valence-electron chi connectivity index (χ4n) is 0.917. The number of H-pyrrole nitrogens is 2. The number of primary amides is 1. The van der Waals surface area contributed by atoms with E-state index in [9.17, 15) is 14.4 Å². The van der Waals surface area contributed by atoms with Gasteiger partial charge in [0.25, 0.3) is 11.5 Å². The van der Waals surface area contributed by atoms with Crippen molar-refractivity contribution in [2.24, 2.45) is 11.5 Å². The number of hydrogen-bond acceptors (Lipinski definition) is 4. The highest BCUT2D eigenvalue weighted by Gasteiger charge is 2.11. The minimum Gasteiger partial charge on any atom is -0.364 e. The van der Waals surface area contributed by atoms with Crippen molar-refractivity contribution in [2.45, 2.75) is 6.54 Å². The van der Waals surface area contributed by atoms with Crippen LogP contribution in [0.15, 0.2) is 9.59 Å². The molecule has 0 bridgehead atoms. The Hall–Kier alpha value is -1.89. The van der Waals surface area contributed by atoms with Crippen LogP contribution in [0.1, 0.15) is 16.1 Å². The first-order chi connectivity index (χ1) is 6.06. The number of carbonyl (C=O) groups is 1. The summed E-state index contributed by atoms with van der Waals surface area (Å²) in [6.07, 6.45) is 0. The Kier molecular flexibility index (Phi) is 2.29. The van der Waals surface area contributed by atoms with Crippen LogP contribution in [0.5, 0.6) is 0 Å². The molecule has 13 heavy (non-hydrogen) atoms. The van der Waals surface area contributed by atoms with Crippen LogP contribution in [0.2, 0.25) is 0 Å². The van der Waals surface area contributed by atoms with Crippen molar-refractivity contribution in [1.82, 2.24) is 9.97 Å². The monoisotopic (exact) mass is 184 g/mol. The Bertz CT molecular complexity index is 444. The Labute approximate surface area is 71.8 Å². The molecule has 0 saturated carbocycles. The van der Waals surface area contributed by atoms with Crippen LogP contribution < -0.4 is 22.7 Å². The van der Waals surface area contributed by atoms with Crippen LogP contribution >= 0.6 is 0 Å². The molecule has 0 atom stereocenters. The Balaban J connectivity index is 3.57. The van der Waals surface area contributed by atoms with E-state index in [4.69, 9.17) is 11.5 Å². The summed E-state index contributed by atoms with van der Waals surface area (Å²) in [5.74, 6) is -0.886. The van der Waals surface area contributed by atoms with Gasteiger partial charge in [-0.25, -0.2) is 4.79 Å². The van der Waals surface area contributed by atoms with Gasteiger partial charge >= 0.3 is 5.69 Å². The number of aromatic amines is 2. The molecule has 0 aliphatic rings. The summed E-state index contributed by atoms with van der Waals surface area (Å²) < 4.78 is 0. The summed E-state index contributed by atoms with van der Waals surface area (Å²) in [6, 6.07) is 0. The summed E-state index contributed by atoms with van der Waals surface area (Å²) in [4.78, 5) is 36.5. The topological polar surface area (TPSA) is 135 Å². The van der Waals surface area contributed by atoms with Gasteiger partial charge in [0.1, 0.15) is 5.69 Å². The molecule has 1 heterocycles. The maximum Gasteiger partial charge on any atom is 0.326 e. The lowest BCUT2D eigenvalue weighted by atomic mass is 10.2. The van der Waals surface area contributed by atoms with E-state index in [1.54, 1.807) is 0 Å². The molecule has 0 spiro atoms. The van der Waals surface area contributed by atoms with Gasteiger partial charge in [-0.05, 0) is 0 Å². The molecule has 7 heteroatoms. The molecule has 0 fully saturated rings. The Morgan fingerprint density at radius 3 is 2.38 bits per heavy atom. The largest absolute Gasteiger partial charge is 0.364 e. The molecule has 6 N–H and O–H groups in total. The summed E-state index contributed by atoms with van der Waals surface area (Å²) in [5.41, 5.74) is 8.36. The second kappa shape index (κ2) is 3.23. The van der Waals surface area contributed by atoms with Crippen LogP contribution in [-0.2, 0) is 6.54 Å². The predicted octanol–water partition coefficient (Wildman–Crippen LogP) is -2.38. The number of rotatable bonds is 2. The molecule has 0 aliphatic carbocycles. The lowest BCUT2D eigenvalue weighted by Crippen LogP contribution is -2.33. The van der Waals surface area contributed by atoms with Crippen LogP contribution in [0, 0.1) is 0 Å². The van der Waals surface area contributed by atoms with E-state index >= 15 is 0 Å². The normalized spacial score (nSPS) is 9.92. The molecule has 0 saturated heterocycles. The first-order valence-corrected chi connectivity index (χ1v) is 3.41. The van der Waals surface area contributed by atoms with Crippen LogP contribution in [-0.4, -0.2) is 15.9 Å². The minimum atomic E-state index is -0.886. The van der Waals surface area contributed by atoms with E-state index in [1.165, 1.54) is 0 Å². The highest BCUT2D eigenvalue weighted by molar-refractivity contribution is 5.92.